The Kier molecular flexibility index (Phi) is 6.10. The topological polar surface area (TPSA) is 84.5 Å². The summed E-state index contributed by atoms with van der Waals surface area (Å²) in [5.41, 5.74) is 0.174. The minimum Gasteiger partial charge on any atom is -0.484 e. The quantitative estimate of drug-likeness (QED) is 0.776. The van der Waals surface area contributed by atoms with E-state index in [1.54, 1.807) is 24.3 Å². The highest BCUT2D eigenvalue weighted by Gasteiger charge is 2.14. The third kappa shape index (κ3) is 6.88. The standard InChI is InChI=1S/C16H22N2O4/c1-11(19)12-6-5-7-13(8-12)22-10-15(21)17-9-14(20)18-16(2,3)4/h5-8H,9-10H2,1-4H3,(H,17,21)(H,18,20). The molecular formula is C16H22N2O4. The monoisotopic (exact) mass is 306 g/mol. The second-order valence-corrected chi connectivity index (χ2v) is 5.95. The molecule has 1 aromatic carbocycles. The highest BCUT2D eigenvalue weighted by molar-refractivity contribution is 5.94. The maximum atomic E-state index is 11.6. The summed E-state index contributed by atoms with van der Waals surface area (Å²) in [6, 6.07) is 6.58. The van der Waals surface area contributed by atoms with E-state index >= 15 is 0 Å². The number of benzene rings is 1. The number of nitrogens with one attached hydrogen (secondary N) is 2. The van der Waals surface area contributed by atoms with Crippen LogP contribution in [0.2, 0.25) is 0 Å². The molecule has 2 N–H and O–H groups in total. The molecule has 6 nitrogen and oxygen atoms in total. The van der Waals surface area contributed by atoms with Gasteiger partial charge in [-0.2, -0.15) is 0 Å². The molecule has 0 fully saturated rings. The molecule has 120 valence electrons. The number of amides is 2. The molecule has 1 aromatic rings. The number of hydrogen-bond acceptors (Lipinski definition) is 4. The Hall–Kier alpha value is -2.37. The SMILES string of the molecule is CC(=O)c1cccc(OCC(=O)NCC(=O)NC(C)(C)C)c1. The highest BCUT2D eigenvalue weighted by atomic mass is 16.5. The molecule has 0 aliphatic rings. The van der Waals surface area contributed by atoms with E-state index in [0.29, 0.717) is 11.3 Å². The van der Waals surface area contributed by atoms with Gasteiger partial charge in [-0.25, -0.2) is 0 Å². The molecule has 0 saturated carbocycles. The molecule has 2 amide bonds. The number of ketones is 1. The average Bonchev–Trinajstić information content (AvgIpc) is 2.41. The second-order valence-electron chi connectivity index (χ2n) is 5.95. The summed E-state index contributed by atoms with van der Waals surface area (Å²) in [4.78, 5) is 34.4. The van der Waals surface area contributed by atoms with E-state index < -0.39 is 5.91 Å². The predicted molar refractivity (Wildman–Crippen MR) is 82.8 cm³/mol. The molecule has 22 heavy (non-hydrogen) atoms. The summed E-state index contributed by atoms with van der Waals surface area (Å²) < 4.78 is 5.30. The second kappa shape index (κ2) is 7.59. The predicted octanol–water partition coefficient (Wildman–Crippen LogP) is 1.30. The Morgan fingerprint density at radius 3 is 2.41 bits per heavy atom. The molecule has 0 aromatic heterocycles. The van der Waals surface area contributed by atoms with Crippen LogP contribution in [0.15, 0.2) is 24.3 Å². The van der Waals surface area contributed by atoms with Crippen LogP contribution >= 0.6 is 0 Å². The van der Waals surface area contributed by atoms with Crippen LogP contribution in [0.5, 0.6) is 5.75 Å². The summed E-state index contributed by atoms with van der Waals surface area (Å²) in [5, 5.41) is 5.21. The Balaban J connectivity index is 2.39. The van der Waals surface area contributed by atoms with E-state index in [-0.39, 0.29) is 30.4 Å². The molecule has 0 unspecified atom stereocenters. The van der Waals surface area contributed by atoms with Crippen molar-refractivity contribution in [2.45, 2.75) is 33.2 Å². The Morgan fingerprint density at radius 2 is 1.82 bits per heavy atom. The molecule has 0 saturated heterocycles. The van der Waals surface area contributed by atoms with E-state index in [1.165, 1.54) is 6.92 Å². The molecule has 0 aliphatic carbocycles. The molecule has 0 spiro atoms. The molecule has 0 heterocycles. The molecule has 6 heteroatoms. The maximum absolute atomic E-state index is 11.6. The van der Waals surface area contributed by atoms with Crippen molar-refractivity contribution in [2.75, 3.05) is 13.2 Å². The first-order chi connectivity index (χ1) is 10.2. The smallest absolute Gasteiger partial charge is 0.258 e. The van der Waals surface area contributed by atoms with Crippen LogP contribution in [0.1, 0.15) is 38.1 Å². The fourth-order valence-electron chi connectivity index (χ4n) is 1.65. The number of hydrogen-bond donors (Lipinski definition) is 2. The van der Waals surface area contributed by atoms with Gasteiger partial charge < -0.3 is 15.4 Å². The zero-order valence-corrected chi connectivity index (χ0v) is 13.4. The van der Waals surface area contributed by atoms with Gasteiger partial charge in [0.15, 0.2) is 12.4 Å². The first-order valence-corrected chi connectivity index (χ1v) is 6.99. The van der Waals surface area contributed by atoms with Gasteiger partial charge in [0, 0.05) is 11.1 Å². The van der Waals surface area contributed by atoms with Crippen LogP contribution in [0, 0.1) is 0 Å². The molecule has 0 bridgehead atoms. The molecule has 1 rings (SSSR count). The zero-order valence-electron chi connectivity index (χ0n) is 13.4. The third-order valence-electron chi connectivity index (χ3n) is 2.57. The van der Waals surface area contributed by atoms with Crippen molar-refractivity contribution in [3.05, 3.63) is 29.8 Å². The normalized spacial score (nSPS) is 10.7. The summed E-state index contributed by atoms with van der Waals surface area (Å²) in [7, 11) is 0. The van der Waals surface area contributed by atoms with Crippen LogP contribution in [-0.2, 0) is 9.59 Å². The van der Waals surface area contributed by atoms with Gasteiger partial charge in [-0.1, -0.05) is 12.1 Å². The van der Waals surface area contributed by atoms with Crippen molar-refractivity contribution in [1.29, 1.82) is 0 Å². The number of carbonyl (C=O) groups is 3. The first kappa shape index (κ1) is 17.7. The van der Waals surface area contributed by atoms with Gasteiger partial charge >= 0.3 is 0 Å². The van der Waals surface area contributed by atoms with Gasteiger partial charge in [0.25, 0.3) is 5.91 Å². The number of rotatable bonds is 6. The van der Waals surface area contributed by atoms with Crippen LogP contribution in [0.4, 0.5) is 0 Å². The van der Waals surface area contributed by atoms with E-state index in [2.05, 4.69) is 10.6 Å². The largest absolute Gasteiger partial charge is 0.484 e. The number of Topliss-reactive ketones (excluding diaryl/α,β-unsaturated/α-hetero) is 1. The van der Waals surface area contributed by atoms with Crippen LogP contribution in [0.25, 0.3) is 0 Å². The van der Waals surface area contributed by atoms with Gasteiger partial charge in [0.05, 0.1) is 6.54 Å². The van der Waals surface area contributed by atoms with Crippen molar-refractivity contribution in [3.8, 4) is 5.75 Å². The van der Waals surface area contributed by atoms with Crippen molar-refractivity contribution in [1.82, 2.24) is 10.6 Å². The van der Waals surface area contributed by atoms with Gasteiger partial charge in [-0.3, -0.25) is 14.4 Å². The molecule has 0 aliphatic heterocycles. The van der Waals surface area contributed by atoms with Gasteiger partial charge in [0.1, 0.15) is 5.75 Å². The third-order valence-corrected chi connectivity index (χ3v) is 2.57. The van der Waals surface area contributed by atoms with Gasteiger partial charge in [0.2, 0.25) is 5.91 Å². The van der Waals surface area contributed by atoms with Crippen LogP contribution in [-0.4, -0.2) is 36.3 Å². The van der Waals surface area contributed by atoms with Crippen molar-refractivity contribution >= 4 is 17.6 Å². The minimum absolute atomic E-state index is 0.0752. The fourth-order valence-corrected chi connectivity index (χ4v) is 1.65. The molecular weight excluding hydrogens is 284 g/mol. The van der Waals surface area contributed by atoms with Gasteiger partial charge in [-0.15, -0.1) is 0 Å². The first-order valence-electron chi connectivity index (χ1n) is 6.99. The van der Waals surface area contributed by atoms with E-state index in [0.717, 1.165) is 0 Å². The lowest BCUT2D eigenvalue weighted by molar-refractivity contribution is -0.127. The summed E-state index contributed by atoms with van der Waals surface area (Å²) in [6.45, 7) is 6.71. The van der Waals surface area contributed by atoms with Crippen molar-refractivity contribution < 1.29 is 19.1 Å². The fraction of sp³-hybridized carbons (Fsp3) is 0.438. The number of ether oxygens (including phenoxy) is 1. The summed E-state index contributed by atoms with van der Waals surface area (Å²) >= 11 is 0. The summed E-state index contributed by atoms with van der Waals surface area (Å²) in [6.07, 6.45) is 0. The van der Waals surface area contributed by atoms with Crippen molar-refractivity contribution in [2.24, 2.45) is 0 Å². The lowest BCUT2D eigenvalue weighted by Gasteiger charge is -2.20. The molecule has 0 atom stereocenters. The molecule has 0 radical (unpaired) electrons. The zero-order chi connectivity index (χ0) is 16.8. The van der Waals surface area contributed by atoms with E-state index in [1.807, 2.05) is 20.8 Å². The van der Waals surface area contributed by atoms with Crippen LogP contribution < -0.4 is 15.4 Å². The van der Waals surface area contributed by atoms with Gasteiger partial charge in [-0.05, 0) is 39.8 Å². The lowest BCUT2D eigenvalue weighted by Crippen LogP contribution is -2.46. The Bertz CT molecular complexity index is 562. The summed E-state index contributed by atoms with van der Waals surface area (Å²) in [5.74, 6) is -0.313. The average molecular weight is 306 g/mol. The van der Waals surface area contributed by atoms with E-state index in [9.17, 15) is 14.4 Å². The maximum Gasteiger partial charge on any atom is 0.258 e. The Labute approximate surface area is 130 Å². The lowest BCUT2D eigenvalue weighted by atomic mass is 10.1. The highest BCUT2D eigenvalue weighted by Crippen LogP contribution is 2.13. The van der Waals surface area contributed by atoms with Crippen molar-refractivity contribution in [3.63, 3.8) is 0 Å². The Morgan fingerprint density at radius 1 is 1.14 bits per heavy atom. The van der Waals surface area contributed by atoms with Crippen LogP contribution in [0.3, 0.4) is 0 Å². The number of carbonyl (C=O) groups excluding carboxylic acids is 3. The van der Waals surface area contributed by atoms with E-state index in [4.69, 9.17) is 4.74 Å². The minimum atomic E-state index is -0.405.